The summed E-state index contributed by atoms with van der Waals surface area (Å²) in [6.45, 7) is 11.2. The molecule has 182 valence electrons. The molecular formula is C23H33BrN4O5. The highest BCUT2D eigenvalue weighted by molar-refractivity contribution is 9.10. The molecule has 0 atom stereocenters. The molecule has 33 heavy (non-hydrogen) atoms. The van der Waals surface area contributed by atoms with Crippen LogP contribution in [0.15, 0.2) is 33.7 Å². The van der Waals surface area contributed by atoms with Crippen LogP contribution in [0.4, 0.5) is 9.59 Å². The summed E-state index contributed by atoms with van der Waals surface area (Å²) in [5.41, 5.74) is -1.17. The Morgan fingerprint density at radius 1 is 1.00 bits per heavy atom. The molecule has 0 spiro atoms. The van der Waals surface area contributed by atoms with Gasteiger partial charge in [-0.3, -0.25) is 9.80 Å². The Morgan fingerprint density at radius 3 is 2.06 bits per heavy atom. The average Bonchev–Trinajstić information content (AvgIpc) is 3.07. The number of hydrogen-bond acceptors (Lipinski definition) is 6. The van der Waals surface area contributed by atoms with E-state index in [1.807, 2.05) is 12.1 Å². The number of carbonyl (C=O) groups excluding carboxylic acids is 3. The first kappa shape index (κ1) is 26.8. The zero-order valence-corrected chi connectivity index (χ0v) is 21.9. The van der Waals surface area contributed by atoms with E-state index in [2.05, 4.69) is 20.9 Å². The minimum atomic E-state index is -0.859. The number of ketones is 1. The normalized spacial score (nSPS) is 15.4. The predicted octanol–water partition coefficient (Wildman–Crippen LogP) is 4.71. The molecule has 1 aromatic carbocycles. The third-order valence-corrected chi connectivity index (χ3v) is 4.93. The fourth-order valence-electron chi connectivity index (χ4n) is 3.02. The summed E-state index contributed by atoms with van der Waals surface area (Å²) >= 11 is 3.35. The Balaban J connectivity index is 2.48. The van der Waals surface area contributed by atoms with Gasteiger partial charge in [0.1, 0.15) is 11.2 Å². The summed E-state index contributed by atoms with van der Waals surface area (Å²) in [7, 11) is 1.82. The van der Waals surface area contributed by atoms with E-state index in [1.54, 1.807) is 70.8 Å². The molecule has 1 heterocycles. The van der Waals surface area contributed by atoms with E-state index < -0.39 is 23.4 Å². The first-order chi connectivity index (χ1) is 15.2. The maximum absolute atomic E-state index is 13.2. The van der Waals surface area contributed by atoms with Gasteiger partial charge in [-0.15, -0.1) is 4.99 Å². The molecule has 0 aromatic heterocycles. The first-order valence-electron chi connectivity index (χ1n) is 10.8. The maximum atomic E-state index is 13.2. The van der Waals surface area contributed by atoms with Crippen molar-refractivity contribution in [1.82, 2.24) is 14.9 Å². The molecule has 0 aliphatic carbocycles. The predicted molar refractivity (Wildman–Crippen MR) is 129 cm³/mol. The highest BCUT2D eigenvalue weighted by Crippen LogP contribution is 2.18. The van der Waals surface area contributed by atoms with Crippen LogP contribution in [0.2, 0.25) is 0 Å². The van der Waals surface area contributed by atoms with Crippen molar-refractivity contribution in [2.45, 2.75) is 59.2 Å². The summed E-state index contributed by atoms with van der Waals surface area (Å²) in [4.78, 5) is 44.1. The fourth-order valence-corrected chi connectivity index (χ4v) is 3.29. The second kappa shape index (κ2) is 10.6. The largest absolute Gasteiger partial charge is 0.443 e. The number of rotatable bonds is 3. The molecule has 0 N–H and O–H groups in total. The molecule has 1 aliphatic rings. The van der Waals surface area contributed by atoms with Gasteiger partial charge >= 0.3 is 12.2 Å². The Morgan fingerprint density at radius 2 is 1.58 bits per heavy atom. The molecule has 2 amide bonds. The van der Waals surface area contributed by atoms with E-state index in [4.69, 9.17) is 9.47 Å². The van der Waals surface area contributed by atoms with E-state index in [-0.39, 0.29) is 18.3 Å². The fraction of sp³-hybridized carbons (Fsp3) is 0.565. The molecule has 0 bridgehead atoms. The van der Waals surface area contributed by atoms with Crippen molar-refractivity contribution in [3.05, 3.63) is 34.3 Å². The van der Waals surface area contributed by atoms with Gasteiger partial charge in [-0.1, -0.05) is 28.1 Å². The molecule has 1 fully saturated rings. The Hall–Kier alpha value is -2.46. The van der Waals surface area contributed by atoms with Gasteiger partial charge in [0, 0.05) is 30.2 Å². The Bertz CT molecular complexity index is 903. The molecule has 0 saturated carbocycles. The number of hydrazine groups is 1. The lowest BCUT2D eigenvalue weighted by Crippen LogP contribution is -2.53. The number of Topliss-reactive ketones (excluding diaryl/α,β-unsaturated/α-hetero) is 1. The lowest BCUT2D eigenvalue weighted by molar-refractivity contribution is 0.0296. The van der Waals surface area contributed by atoms with Crippen LogP contribution >= 0.6 is 15.9 Å². The number of amides is 2. The summed E-state index contributed by atoms with van der Waals surface area (Å²) in [5.74, 6) is -0.337. The van der Waals surface area contributed by atoms with Gasteiger partial charge in [0.15, 0.2) is 5.78 Å². The van der Waals surface area contributed by atoms with Crippen LogP contribution < -0.4 is 0 Å². The molecule has 0 radical (unpaired) electrons. The van der Waals surface area contributed by atoms with E-state index in [0.717, 1.165) is 15.8 Å². The van der Waals surface area contributed by atoms with Gasteiger partial charge in [-0.05, 0) is 60.1 Å². The second-order valence-electron chi connectivity index (χ2n) is 9.75. The molecule has 1 saturated heterocycles. The molecule has 9 nitrogen and oxygen atoms in total. The number of carbonyl (C=O) groups is 3. The standard InChI is InChI=1S/C23H33BrN4O5/c1-22(2,3)32-20(30)25-19(28-14-8-13-26(28)7)27(21(31)33-23(4,5)6)15-18(29)16-9-11-17(24)12-10-16/h9-12H,8,13-15H2,1-7H3. The van der Waals surface area contributed by atoms with Crippen molar-refractivity contribution in [2.75, 3.05) is 26.7 Å². The maximum Gasteiger partial charge on any atom is 0.437 e. The van der Waals surface area contributed by atoms with Crippen molar-refractivity contribution in [2.24, 2.45) is 4.99 Å². The van der Waals surface area contributed by atoms with Crippen LogP contribution in [0.5, 0.6) is 0 Å². The zero-order valence-electron chi connectivity index (χ0n) is 20.3. The summed E-state index contributed by atoms with van der Waals surface area (Å²) < 4.78 is 11.7. The van der Waals surface area contributed by atoms with E-state index in [0.29, 0.717) is 18.7 Å². The van der Waals surface area contributed by atoms with Crippen LogP contribution in [0.25, 0.3) is 0 Å². The lowest BCUT2D eigenvalue weighted by Gasteiger charge is -2.34. The highest BCUT2D eigenvalue weighted by atomic mass is 79.9. The van der Waals surface area contributed by atoms with Gasteiger partial charge < -0.3 is 9.47 Å². The summed E-state index contributed by atoms with van der Waals surface area (Å²) in [6, 6.07) is 6.81. The van der Waals surface area contributed by atoms with Gasteiger partial charge in [-0.2, -0.15) is 0 Å². The van der Waals surface area contributed by atoms with Crippen molar-refractivity contribution in [3.63, 3.8) is 0 Å². The molecule has 0 unspecified atom stereocenters. The van der Waals surface area contributed by atoms with E-state index in [9.17, 15) is 14.4 Å². The van der Waals surface area contributed by atoms with Crippen LogP contribution in [0.3, 0.4) is 0 Å². The number of nitrogens with zero attached hydrogens (tertiary/aromatic N) is 4. The van der Waals surface area contributed by atoms with Gasteiger partial charge in [0.05, 0.1) is 6.54 Å². The number of halogens is 1. The third-order valence-electron chi connectivity index (χ3n) is 4.40. The van der Waals surface area contributed by atoms with Crippen LogP contribution in [0.1, 0.15) is 58.3 Å². The molecule has 10 heteroatoms. The number of benzene rings is 1. The lowest BCUT2D eigenvalue weighted by atomic mass is 10.1. The SMILES string of the molecule is CN1CCCN1C(=NC(=O)OC(C)(C)C)N(CC(=O)c1ccc(Br)cc1)C(=O)OC(C)(C)C. The number of hydrogen-bond donors (Lipinski definition) is 0. The monoisotopic (exact) mass is 524 g/mol. The molecular weight excluding hydrogens is 492 g/mol. The number of aliphatic imine (C=N–C) groups is 1. The van der Waals surface area contributed by atoms with Gasteiger partial charge in [-0.25, -0.2) is 19.5 Å². The second-order valence-corrected chi connectivity index (χ2v) is 10.7. The van der Waals surface area contributed by atoms with E-state index >= 15 is 0 Å². The Kier molecular flexibility index (Phi) is 8.64. The first-order valence-corrected chi connectivity index (χ1v) is 11.5. The number of ether oxygens (including phenoxy) is 2. The van der Waals surface area contributed by atoms with Gasteiger partial charge in [0.2, 0.25) is 5.96 Å². The van der Waals surface area contributed by atoms with E-state index in [1.165, 1.54) is 0 Å². The Labute approximate surface area is 203 Å². The quantitative estimate of drug-likeness (QED) is 0.321. The van der Waals surface area contributed by atoms with Crippen molar-refractivity contribution >= 4 is 39.9 Å². The highest BCUT2D eigenvalue weighted by Gasteiger charge is 2.35. The minimum absolute atomic E-state index is 0.0102. The minimum Gasteiger partial charge on any atom is -0.443 e. The summed E-state index contributed by atoms with van der Waals surface area (Å²) in [5, 5.41) is 3.52. The summed E-state index contributed by atoms with van der Waals surface area (Å²) in [6.07, 6.45) is -0.842. The number of guanidine groups is 1. The molecule has 2 rings (SSSR count). The smallest absolute Gasteiger partial charge is 0.437 e. The van der Waals surface area contributed by atoms with Crippen molar-refractivity contribution in [3.8, 4) is 0 Å². The van der Waals surface area contributed by atoms with Gasteiger partial charge in [0.25, 0.3) is 0 Å². The van der Waals surface area contributed by atoms with Crippen molar-refractivity contribution in [1.29, 1.82) is 0 Å². The molecule has 1 aliphatic heterocycles. The zero-order chi connectivity index (χ0) is 25.0. The van der Waals surface area contributed by atoms with Crippen LogP contribution in [-0.2, 0) is 9.47 Å². The van der Waals surface area contributed by atoms with Crippen LogP contribution in [0, 0.1) is 0 Å². The van der Waals surface area contributed by atoms with Crippen molar-refractivity contribution < 1.29 is 23.9 Å². The topological polar surface area (TPSA) is 91.8 Å². The van der Waals surface area contributed by atoms with Crippen LogP contribution in [-0.4, -0.2) is 76.7 Å². The average molecular weight is 525 g/mol. The third kappa shape index (κ3) is 8.43. The molecule has 1 aromatic rings.